The van der Waals surface area contributed by atoms with Crippen molar-refractivity contribution in [3.8, 4) is 22.6 Å². The van der Waals surface area contributed by atoms with Crippen molar-refractivity contribution < 1.29 is 0 Å². The fourth-order valence-corrected chi connectivity index (χ4v) is 3.61. The second-order valence-corrected chi connectivity index (χ2v) is 7.02. The first-order valence-corrected chi connectivity index (χ1v) is 9.36. The van der Waals surface area contributed by atoms with Crippen LogP contribution in [0.3, 0.4) is 0 Å². The maximum absolute atomic E-state index is 6.11. The van der Waals surface area contributed by atoms with Gasteiger partial charge in [0.25, 0.3) is 0 Å². The third-order valence-electron chi connectivity index (χ3n) is 5.03. The number of rotatable bonds is 3. The lowest BCUT2D eigenvalue weighted by Crippen LogP contribution is -2.43. The van der Waals surface area contributed by atoms with E-state index in [9.17, 15) is 0 Å². The lowest BCUT2D eigenvalue weighted by molar-refractivity contribution is 0.500. The van der Waals surface area contributed by atoms with Crippen molar-refractivity contribution in [3.05, 3.63) is 49.1 Å². The number of aromatic nitrogens is 6. The Morgan fingerprint density at radius 3 is 2.93 bits per heavy atom. The number of anilines is 1. The second-order valence-electron chi connectivity index (χ2n) is 7.02. The number of aromatic amines is 1. The first-order chi connectivity index (χ1) is 13.8. The summed E-state index contributed by atoms with van der Waals surface area (Å²) in [6.07, 6.45) is 9.22. The van der Waals surface area contributed by atoms with Crippen LogP contribution in [0.15, 0.2) is 49.1 Å². The fourth-order valence-electron chi connectivity index (χ4n) is 3.61. The summed E-state index contributed by atoms with van der Waals surface area (Å²) in [5.41, 5.74) is 10.3. The number of pyridine rings is 2. The van der Waals surface area contributed by atoms with Crippen LogP contribution >= 0.6 is 0 Å². The summed E-state index contributed by atoms with van der Waals surface area (Å²) < 4.78 is 0. The topological polar surface area (TPSA) is 110 Å². The molecule has 8 nitrogen and oxygen atoms in total. The molecule has 0 aromatic carbocycles. The highest BCUT2D eigenvalue weighted by molar-refractivity contribution is 5.93. The molecule has 0 spiro atoms. The number of nitrogens with one attached hydrogen (secondary N) is 1. The van der Waals surface area contributed by atoms with Gasteiger partial charge in [0.05, 0.1) is 23.1 Å². The molecule has 140 valence electrons. The first kappa shape index (κ1) is 16.8. The van der Waals surface area contributed by atoms with Gasteiger partial charge in [0, 0.05) is 48.7 Å². The summed E-state index contributed by atoms with van der Waals surface area (Å²) in [4.78, 5) is 20.1. The molecule has 0 radical (unpaired) electrons. The van der Waals surface area contributed by atoms with E-state index >= 15 is 0 Å². The lowest BCUT2D eigenvalue weighted by Gasteiger charge is -2.30. The molecule has 0 amide bonds. The normalized spacial score (nSPS) is 17.2. The molecule has 1 atom stereocenters. The monoisotopic (exact) mass is 372 g/mol. The quantitative estimate of drug-likeness (QED) is 0.568. The third-order valence-corrected chi connectivity index (χ3v) is 5.03. The van der Waals surface area contributed by atoms with Gasteiger partial charge in [-0.05, 0) is 37.1 Å². The molecule has 1 fully saturated rings. The van der Waals surface area contributed by atoms with Crippen molar-refractivity contribution in [3.63, 3.8) is 0 Å². The number of nitrogens with zero attached hydrogens (tertiary/aromatic N) is 6. The highest BCUT2D eigenvalue weighted by atomic mass is 15.3. The zero-order valence-corrected chi connectivity index (χ0v) is 15.3. The Kier molecular flexibility index (Phi) is 4.17. The Hall–Kier alpha value is -3.39. The van der Waals surface area contributed by atoms with Crippen molar-refractivity contribution in [2.75, 3.05) is 18.0 Å². The maximum Gasteiger partial charge on any atom is 0.225 e. The highest BCUT2D eigenvalue weighted by Gasteiger charge is 2.20. The van der Waals surface area contributed by atoms with Gasteiger partial charge in [-0.2, -0.15) is 5.10 Å². The largest absolute Gasteiger partial charge is 0.339 e. The third kappa shape index (κ3) is 3.07. The summed E-state index contributed by atoms with van der Waals surface area (Å²) in [6.45, 7) is 1.70. The predicted molar refractivity (Wildman–Crippen MR) is 108 cm³/mol. The van der Waals surface area contributed by atoms with Gasteiger partial charge in [0.2, 0.25) is 5.95 Å². The van der Waals surface area contributed by atoms with E-state index in [1.54, 1.807) is 24.8 Å². The number of fused-ring (bicyclic) bond motifs is 1. The van der Waals surface area contributed by atoms with Gasteiger partial charge in [-0.1, -0.05) is 0 Å². The molecule has 5 heterocycles. The summed E-state index contributed by atoms with van der Waals surface area (Å²) in [6, 6.07) is 7.96. The van der Waals surface area contributed by atoms with Gasteiger partial charge in [-0.15, -0.1) is 0 Å². The number of H-pyrrole nitrogens is 1. The van der Waals surface area contributed by atoms with E-state index in [4.69, 9.17) is 10.7 Å². The number of hydrogen-bond donors (Lipinski definition) is 2. The van der Waals surface area contributed by atoms with Gasteiger partial charge in [0.1, 0.15) is 5.69 Å². The molecule has 28 heavy (non-hydrogen) atoms. The molecule has 0 bridgehead atoms. The Morgan fingerprint density at radius 1 is 1.11 bits per heavy atom. The molecule has 4 aromatic heterocycles. The molecular weight excluding hydrogens is 352 g/mol. The van der Waals surface area contributed by atoms with Gasteiger partial charge >= 0.3 is 0 Å². The van der Waals surface area contributed by atoms with E-state index in [0.29, 0.717) is 5.95 Å². The van der Waals surface area contributed by atoms with E-state index < -0.39 is 0 Å². The van der Waals surface area contributed by atoms with Gasteiger partial charge < -0.3 is 10.6 Å². The minimum Gasteiger partial charge on any atom is -0.339 e. The molecule has 4 aromatic rings. The van der Waals surface area contributed by atoms with Crippen molar-refractivity contribution in [2.24, 2.45) is 5.73 Å². The van der Waals surface area contributed by atoms with E-state index in [1.165, 1.54) is 0 Å². The SMILES string of the molecule is N[C@@H]1CCCN(c2nccc(-c3n[nH]c4cnc(-c5cccnc5)cc34)n2)C1. The van der Waals surface area contributed by atoms with E-state index in [1.807, 2.05) is 24.3 Å². The average Bonchev–Trinajstić information content (AvgIpc) is 3.18. The summed E-state index contributed by atoms with van der Waals surface area (Å²) in [5.74, 6) is 0.699. The Labute approximate surface area is 161 Å². The lowest BCUT2D eigenvalue weighted by atomic mass is 10.1. The van der Waals surface area contributed by atoms with Crippen LogP contribution in [-0.2, 0) is 0 Å². The molecule has 3 N–H and O–H groups in total. The van der Waals surface area contributed by atoms with Crippen LogP contribution in [0.25, 0.3) is 33.5 Å². The zero-order chi connectivity index (χ0) is 18.9. The fraction of sp³-hybridized carbons (Fsp3) is 0.250. The van der Waals surface area contributed by atoms with Crippen LogP contribution in [0.2, 0.25) is 0 Å². The molecule has 1 aliphatic rings. The van der Waals surface area contributed by atoms with E-state index in [-0.39, 0.29) is 6.04 Å². The second kappa shape index (κ2) is 6.97. The molecule has 0 saturated carbocycles. The highest BCUT2D eigenvalue weighted by Crippen LogP contribution is 2.28. The summed E-state index contributed by atoms with van der Waals surface area (Å²) in [7, 11) is 0. The molecule has 1 aliphatic heterocycles. The Bertz CT molecular complexity index is 1110. The molecule has 1 saturated heterocycles. The minimum atomic E-state index is 0.167. The summed E-state index contributed by atoms with van der Waals surface area (Å²) >= 11 is 0. The van der Waals surface area contributed by atoms with Gasteiger partial charge in [0.15, 0.2) is 0 Å². The van der Waals surface area contributed by atoms with Crippen molar-refractivity contribution in [1.82, 2.24) is 30.1 Å². The average molecular weight is 372 g/mol. The van der Waals surface area contributed by atoms with E-state index in [0.717, 1.165) is 59.5 Å². The minimum absolute atomic E-state index is 0.167. The van der Waals surface area contributed by atoms with Crippen LogP contribution in [0, 0.1) is 0 Å². The van der Waals surface area contributed by atoms with Crippen LogP contribution in [0.1, 0.15) is 12.8 Å². The van der Waals surface area contributed by atoms with Crippen molar-refractivity contribution >= 4 is 16.9 Å². The van der Waals surface area contributed by atoms with Crippen LogP contribution in [0.4, 0.5) is 5.95 Å². The molecule has 8 heteroatoms. The van der Waals surface area contributed by atoms with Crippen LogP contribution < -0.4 is 10.6 Å². The van der Waals surface area contributed by atoms with Crippen molar-refractivity contribution in [2.45, 2.75) is 18.9 Å². The maximum atomic E-state index is 6.11. The van der Waals surface area contributed by atoms with Gasteiger partial charge in [-0.3, -0.25) is 15.1 Å². The number of nitrogens with two attached hydrogens (primary N) is 1. The Morgan fingerprint density at radius 2 is 2.07 bits per heavy atom. The summed E-state index contributed by atoms with van der Waals surface area (Å²) in [5, 5.41) is 8.50. The van der Waals surface area contributed by atoms with Crippen LogP contribution in [0.5, 0.6) is 0 Å². The number of hydrogen-bond acceptors (Lipinski definition) is 7. The smallest absolute Gasteiger partial charge is 0.225 e. The van der Waals surface area contributed by atoms with Crippen molar-refractivity contribution in [1.29, 1.82) is 0 Å². The molecule has 0 aliphatic carbocycles. The van der Waals surface area contributed by atoms with E-state index in [2.05, 4.69) is 30.0 Å². The standard InChI is InChI=1S/C20H20N8/c21-14-4-2-8-28(12-14)20-23-7-5-16(25-20)19-15-9-17(13-3-1-6-22-10-13)24-11-18(15)26-27-19/h1,3,5-7,9-11,14H,2,4,8,12,21H2,(H,26,27)/t14-/m1/s1. The van der Waals surface area contributed by atoms with Crippen LogP contribution in [-0.4, -0.2) is 49.3 Å². The number of piperidine rings is 1. The molecular formula is C20H20N8. The predicted octanol–water partition coefficient (Wildman–Crippen LogP) is 2.40. The Balaban J connectivity index is 1.55. The van der Waals surface area contributed by atoms with Gasteiger partial charge in [-0.25, -0.2) is 9.97 Å². The molecule has 5 rings (SSSR count). The zero-order valence-electron chi connectivity index (χ0n) is 15.3. The molecule has 0 unspecified atom stereocenters. The first-order valence-electron chi connectivity index (χ1n) is 9.36.